The largest absolute Gasteiger partial charge is 0.384 e. The molecule has 0 bridgehead atoms. The number of non-ortho nitro benzene ring substituents is 1. The van der Waals surface area contributed by atoms with E-state index in [1.54, 1.807) is 0 Å². The fourth-order valence-corrected chi connectivity index (χ4v) is 2.72. The summed E-state index contributed by atoms with van der Waals surface area (Å²) in [5, 5.41) is 17.2. The van der Waals surface area contributed by atoms with Gasteiger partial charge in [0.2, 0.25) is 0 Å². The van der Waals surface area contributed by atoms with E-state index in [1.165, 1.54) is 23.8 Å². The van der Waals surface area contributed by atoms with Crippen molar-refractivity contribution in [2.45, 2.75) is 45.6 Å². The molecule has 2 rings (SSSR count). The van der Waals surface area contributed by atoms with Gasteiger partial charge >= 0.3 is 0 Å². The molecule has 0 spiro atoms. The summed E-state index contributed by atoms with van der Waals surface area (Å²) in [7, 11) is 0. The number of nitrogens with zero attached hydrogens (tertiary/aromatic N) is 1. The number of hydrogen-bond acceptors (Lipinski definition) is 4. The summed E-state index contributed by atoms with van der Waals surface area (Å²) in [6.07, 6.45) is 2.88. The van der Waals surface area contributed by atoms with Crippen molar-refractivity contribution < 1.29 is 9.72 Å². The van der Waals surface area contributed by atoms with Gasteiger partial charge in [-0.2, -0.15) is 0 Å². The molecule has 0 aromatic heterocycles. The SMILES string of the molecule is CC(C)(C)NC(=O)c1ccc([N+](=O)[O-])cc1NCCCCc1ccccc1. The van der Waals surface area contributed by atoms with E-state index in [0.717, 1.165) is 19.3 Å². The topological polar surface area (TPSA) is 84.3 Å². The normalized spacial score (nSPS) is 11.1. The number of nitrogens with one attached hydrogen (secondary N) is 2. The Morgan fingerprint density at radius 1 is 1.07 bits per heavy atom. The van der Waals surface area contributed by atoms with Crippen LogP contribution in [0.1, 0.15) is 49.5 Å². The first-order valence-corrected chi connectivity index (χ1v) is 9.15. The Hall–Kier alpha value is -2.89. The molecule has 0 unspecified atom stereocenters. The van der Waals surface area contributed by atoms with Gasteiger partial charge in [-0.1, -0.05) is 30.3 Å². The number of amides is 1. The van der Waals surface area contributed by atoms with Gasteiger partial charge in [-0.25, -0.2) is 0 Å². The summed E-state index contributed by atoms with van der Waals surface area (Å²) in [4.78, 5) is 23.1. The van der Waals surface area contributed by atoms with E-state index in [1.807, 2.05) is 39.0 Å². The fraction of sp³-hybridized carbons (Fsp3) is 0.381. The maximum atomic E-state index is 12.5. The second-order valence-corrected chi connectivity index (χ2v) is 7.56. The van der Waals surface area contributed by atoms with Crippen molar-refractivity contribution in [1.82, 2.24) is 5.32 Å². The van der Waals surface area contributed by atoms with Crippen LogP contribution in [0.4, 0.5) is 11.4 Å². The number of hydrogen-bond donors (Lipinski definition) is 2. The maximum Gasteiger partial charge on any atom is 0.271 e. The third kappa shape index (κ3) is 6.73. The standard InChI is InChI=1S/C21H27N3O3/c1-21(2,3)23-20(25)18-13-12-17(24(26)27)15-19(18)22-14-8-7-11-16-9-5-4-6-10-16/h4-6,9-10,12-13,15,22H,7-8,11,14H2,1-3H3,(H,23,25). The monoisotopic (exact) mass is 369 g/mol. The van der Waals surface area contributed by atoms with Crippen molar-refractivity contribution in [3.8, 4) is 0 Å². The Morgan fingerprint density at radius 2 is 1.78 bits per heavy atom. The van der Waals surface area contributed by atoms with Crippen molar-refractivity contribution in [1.29, 1.82) is 0 Å². The van der Waals surface area contributed by atoms with Gasteiger partial charge in [-0.15, -0.1) is 0 Å². The molecule has 0 aliphatic heterocycles. The smallest absolute Gasteiger partial charge is 0.271 e. The molecular formula is C21H27N3O3. The minimum atomic E-state index is -0.452. The van der Waals surface area contributed by atoms with Gasteiger partial charge < -0.3 is 10.6 Å². The highest BCUT2D eigenvalue weighted by Crippen LogP contribution is 2.23. The zero-order chi connectivity index (χ0) is 19.9. The van der Waals surface area contributed by atoms with Gasteiger partial charge in [-0.05, 0) is 51.7 Å². The Bertz CT molecular complexity index is 783. The lowest BCUT2D eigenvalue weighted by atomic mass is 10.1. The summed E-state index contributed by atoms with van der Waals surface area (Å²) in [6.45, 7) is 6.33. The molecule has 2 aromatic rings. The number of carbonyl (C=O) groups excluding carboxylic acids is 1. The molecule has 2 N–H and O–H groups in total. The predicted molar refractivity (Wildman–Crippen MR) is 108 cm³/mol. The van der Waals surface area contributed by atoms with E-state index in [2.05, 4.69) is 22.8 Å². The van der Waals surface area contributed by atoms with Crippen LogP contribution in [-0.2, 0) is 6.42 Å². The molecule has 6 heteroatoms. The molecular weight excluding hydrogens is 342 g/mol. The molecule has 0 atom stereocenters. The van der Waals surface area contributed by atoms with Crippen LogP contribution in [0.15, 0.2) is 48.5 Å². The van der Waals surface area contributed by atoms with E-state index < -0.39 is 4.92 Å². The van der Waals surface area contributed by atoms with E-state index in [9.17, 15) is 14.9 Å². The number of nitro groups is 1. The first-order chi connectivity index (χ1) is 12.8. The van der Waals surface area contributed by atoms with Crippen LogP contribution in [0.5, 0.6) is 0 Å². The highest BCUT2D eigenvalue weighted by atomic mass is 16.6. The van der Waals surface area contributed by atoms with Crippen molar-refractivity contribution in [2.75, 3.05) is 11.9 Å². The number of nitro benzene ring substituents is 1. The van der Waals surface area contributed by atoms with Gasteiger partial charge in [0, 0.05) is 24.2 Å². The number of rotatable bonds is 8. The van der Waals surface area contributed by atoms with E-state index in [-0.39, 0.29) is 17.1 Å². The summed E-state index contributed by atoms with van der Waals surface area (Å²) in [6, 6.07) is 14.5. The van der Waals surface area contributed by atoms with Crippen LogP contribution < -0.4 is 10.6 Å². The Kier molecular flexibility index (Phi) is 6.93. The first kappa shape index (κ1) is 20.4. The van der Waals surface area contributed by atoms with Gasteiger partial charge in [0.25, 0.3) is 11.6 Å². The Morgan fingerprint density at radius 3 is 2.41 bits per heavy atom. The van der Waals surface area contributed by atoms with Crippen molar-refractivity contribution >= 4 is 17.3 Å². The molecule has 6 nitrogen and oxygen atoms in total. The molecule has 0 saturated heterocycles. The zero-order valence-corrected chi connectivity index (χ0v) is 16.1. The lowest BCUT2D eigenvalue weighted by Gasteiger charge is -2.21. The molecule has 1 amide bonds. The molecule has 27 heavy (non-hydrogen) atoms. The zero-order valence-electron chi connectivity index (χ0n) is 16.1. The van der Waals surface area contributed by atoms with Crippen molar-refractivity contribution in [3.05, 3.63) is 69.8 Å². The number of unbranched alkanes of at least 4 members (excludes halogenated alkanes) is 1. The number of aryl methyl sites for hydroxylation is 1. The van der Waals surface area contributed by atoms with E-state index in [0.29, 0.717) is 17.8 Å². The second kappa shape index (κ2) is 9.16. The number of anilines is 1. The summed E-state index contributed by atoms with van der Waals surface area (Å²) in [5.74, 6) is -0.246. The minimum Gasteiger partial charge on any atom is -0.384 e. The summed E-state index contributed by atoms with van der Waals surface area (Å²) < 4.78 is 0. The molecule has 0 aliphatic rings. The third-order valence-corrected chi connectivity index (χ3v) is 4.00. The van der Waals surface area contributed by atoms with Crippen LogP contribution in [-0.4, -0.2) is 22.9 Å². The average molecular weight is 369 g/mol. The van der Waals surface area contributed by atoms with Gasteiger partial charge in [0.05, 0.1) is 16.2 Å². The second-order valence-electron chi connectivity index (χ2n) is 7.56. The average Bonchev–Trinajstić information content (AvgIpc) is 2.60. The molecule has 0 saturated carbocycles. The van der Waals surface area contributed by atoms with E-state index in [4.69, 9.17) is 0 Å². The van der Waals surface area contributed by atoms with Crippen LogP contribution in [0.25, 0.3) is 0 Å². The van der Waals surface area contributed by atoms with Crippen LogP contribution >= 0.6 is 0 Å². The number of benzene rings is 2. The van der Waals surface area contributed by atoms with Crippen molar-refractivity contribution in [2.24, 2.45) is 0 Å². The quantitative estimate of drug-likeness (QED) is 0.406. The summed E-state index contributed by atoms with van der Waals surface area (Å²) in [5.41, 5.74) is 1.78. The van der Waals surface area contributed by atoms with E-state index >= 15 is 0 Å². The molecule has 0 radical (unpaired) electrons. The Balaban J connectivity index is 2.00. The highest BCUT2D eigenvalue weighted by molar-refractivity contribution is 6.00. The van der Waals surface area contributed by atoms with Gasteiger partial charge in [-0.3, -0.25) is 14.9 Å². The predicted octanol–water partition coefficient (Wildman–Crippen LogP) is 4.56. The molecule has 2 aromatic carbocycles. The highest BCUT2D eigenvalue weighted by Gasteiger charge is 2.20. The van der Waals surface area contributed by atoms with Crippen LogP contribution in [0.3, 0.4) is 0 Å². The Labute approximate surface area is 160 Å². The lowest BCUT2D eigenvalue weighted by Crippen LogP contribution is -2.40. The van der Waals surface area contributed by atoms with Crippen LogP contribution in [0, 0.1) is 10.1 Å². The lowest BCUT2D eigenvalue weighted by molar-refractivity contribution is -0.384. The third-order valence-electron chi connectivity index (χ3n) is 4.00. The molecule has 144 valence electrons. The molecule has 0 heterocycles. The number of carbonyl (C=O) groups is 1. The summed E-state index contributed by atoms with van der Waals surface area (Å²) >= 11 is 0. The fourth-order valence-electron chi connectivity index (χ4n) is 2.72. The maximum absolute atomic E-state index is 12.5. The first-order valence-electron chi connectivity index (χ1n) is 9.15. The molecule has 0 fully saturated rings. The van der Waals surface area contributed by atoms with Crippen LogP contribution in [0.2, 0.25) is 0 Å². The van der Waals surface area contributed by atoms with Gasteiger partial charge in [0.15, 0.2) is 0 Å². The van der Waals surface area contributed by atoms with Crippen molar-refractivity contribution in [3.63, 3.8) is 0 Å². The molecule has 0 aliphatic carbocycles. The van der Waals surface area contributed by atoms with Gasteiger partial charge in [0.1, 0.15) is 0 Å². The minimum absolute atomic E-state index is 0.0332.